The average Bonchev–Trinajstić information content (AvgIpc) is 3.53. The minimum absolute atomic E-state index is 0.0759. The van der Waals surface area contributed by atoms with Gasteiger partial charge in [-0.2, -0.15) is 0 Å². The molecule has 0 radical (unpaired) electrons. The van der Waals surface area contributed by atoms with Gasteiger partial charge in [0.15, 0.2) is 30.2 Å². The summed E-state index contributed by atoms with van der Waals surface area (Å²) in [4.78, 5) is 54.0. The predicted molar refractivity (Wildman–Crippen MR) is 251 cm³/mol. The first-order chi connectivity index (χ1) is 37.2. The van der Waals surface area contributed by atoms with Crippen LogP contribution in [-0.2, 0) is 71.3 Å². The highest BCUT2D eigenvalue weighted by Crippen LogP contribution is 2.43. The lowest BCUT2D eigenvalue weighted by Crippen LogP contribution is -2.61. The van der Waals surface area contributed by atoms with E-state index < -0.39 is 185 Å². The fraction of sp³-hybridized carbons (Fsp3) is 0.633. The number of benzene rings is 1. The summed E-state index contributed by atoms with van der Waals surface area (Å²) in [5.41, 5.74) is -0.446. The Morgan fingerprint density at radius 1 is 0.551 bits per heavy atom. The Bertz CT molecular complexity index is 2280. The van der Waals surface area contributed by atoms with Crippen LogP contribution >= 0.6 is 0 Å². The van der Waals surface area contributed by atoms with Crippen LogP contribution in [0, 0.1) is 23.7 Å². The molecule has 3 fully saturated rings. The molecule has 0 unspecified atom stereocenters. The normalized spacial score (nSPS) is 36.6. The highest BCUT2D eigenvalue weighted by Gasteiger charge is 2.52. The van der Waals surface area contributed by atoms with Crippen LogP contribution in [0.25, 0.3) is 0 Å². The molecule has 3 saturated heterocycles. The summed E-state index contributed by atoms with van der Waals surface area (Å²) in [7, 11) is 6.08. The molecular formula is C49H66O29. The van der Waals surface area contributed by atoms with Gasteiger partial charge < -0.3 is 122 Å². The topological polar surface area (TPSA) is 409 Å². The Kier molecular flexibility index (Phi) is 21.6. The summed E-state index contributed by atoms with van der Waals surface area (Å²) in [6.07, 6.45) is -26.7. The molecule has 1 aromatic rings. The highest BCUT2D eigenvalue weighted by molar-refractivity contribution is 5.90. The third kappa shape index (κ3) is 13.3. The van der Waals surface area contributed by atoms with Crippen molar-refractivity contribution in [3.05, 3.63) is 61.1 Å². The monoisotopic (exact) mass is 1120 g/mol. The van der Waals surface area contributed by atoms with E-state index in [1.807, 2.05) is 0 Å². The SMILES string of the molecule is C=C[C@H]1[C@H](O[C@@H]2O[C@H](CO)[C@@H](O)[C@H](O)[C@H]2O)OC=C(C(=O)OC)[C@H]1CC(=O)OC[C@H]1O[C@@H](Oc2cc(OC)c(OC)c(OC)c2)[C@H](OC(=O)C[C@@H]2C(C(=O)OC)=CO[C@@H](O[C@@H]3O[C@H](CO)[C@@H](O)[C@H](O)[C@H]3O)[C@@H]2C=C)[C@@H](O)[C@@H]1O. The molecule has 0 spiro atoms. The maximum Gasteiger partial charge on any atom is 0.337 e. The summed E-state index contributed by atoms with van der Waals surface area (Å²) >= 11 is 0. The van der Waals surface area contributed by atoms with E-state index in [0.29, 0.717) is 0 Å². The second-order valence-corrected chi connectivity index (χ2v) is 18.2. The van der Waals surface area contributed by atoms with Crippen LogP contribution in [0.4, 0.5) is 0 Å². The number of methoxy groups -OCH3 is 5. The van der Waals surface area contributed by atoms with Crippen molar-refractivity contribution in [1.29, 1.82) is 0 Å². The van der Waals surface area contributed by atoms with E-state index in [-0.39, 0.29) is 34.1 Å². The number of rotatable bonds is 22. The van der Waals surface area contributed by atoms with Crippen LogP contribution in [0.5, 0.6) is 23.0 Å². The van der Waals surface area contributed by atoms with Gasteiger partial charge in [-0.15, -0.1) is 13.2 Å². The molecule has 436 valence electrons. The Balaban J connectivity index is 1.23. The lowest BCUT2D eigenvalue weighted by Gasteiger charge is -2.43. The van der Waals surface area contributed by atoms with Crippen molar-refractivity contribution in [1.82, 2.24) is 0 Å². The molecular weight excluding hydrogens is 1050 g/mol. The van der Waals surface area contributed by atoms with Gasteiger partial charge in [-0.05, 0) is 0 Å². The molecule has 0 bridgehead atoms. The molecule has 5 heterocycles. The molecule has 5 aliphatic heterocycles. The van der Waals surface area contributed by atoms with Gasteiger partial charge in [0.05, 0.1) is 85.3 Å². The average molecular weight is 1120 g/mol. The van der Waals surface area contributed by atoms with Crippen molar-refractivity contribution in [2.75, 3.05) is 55.4 Å². The largest absolute Gasteiger partial charge is 0.493 e. The Labute approximate surface area is 445 Å². The summed E-state index contributed by atoms with van der Waals surface area (Å²) in [6, 6.07) is 2.64. The van der Waals surface area contributed by atoms with Gasteiger partial charge in [0, 0.05) is 35.8 Å². The summed E-state index contributed by atoms with van der Waals surface area (Å²) in [5.74, 6) is -8.74. The number of ether oxygens (including phenoxy) is 15. The molecule has 10 N–H and O–H groups in total. The van der Waals surface area contributed by atoms with Crippen molar-refractivity contribution in [2.45, 2.75) is 118 Å². The molecule has 29 heteroatoms. The molecule has 1 aromatic carbocycles. The quantitative estimate of drug-likeness (QED) is 0.0301. The lowest BCUT2D eigenvalue weighted by atomic mass is 9.81. The van der Waals surface area contributed by atoms with Gasteiger partial charge in [0.25, 0.3) is 0 Å². The fourth-order valence-corrected chi connectivity index (χ4v) is 9.29. The molecule has 0 aliphatic carbocycles. The van der Waals surface area contributed by atoms with Gasteiger partial charge in [0.2, 0.25) is 24.6 Å². The van der Waals surface area contributed by atoms with Crippen LogP contribution in [0.2, 0.25) is 0 Å². The van der Waals surface area contributed by atoms with Gasteiger partial charge in [0.1, 0.15) is 79.5 Å². The maximum atomic E-state index is 14.2. The zero-order valence-electron chi connectivity index (χ0n) is 42.8. The Morgan fingerprint density at radius 3 is 1.40 bits per heavy atom. The molecule has 78 heavy (non-hydrogen) atoms. The van der Waals surface area contributed by atoms with Crippen LogP contribution < -0.4 is 18.9 Å². The number of hydrogen-bond acceptors (Lipinski definition) is 29. The second kappa shape index (κ2) is 27.4. The summed E-state index contributed by atoms with van der Waals surface area (Å²) < 4.78 is 83.4. The van der Waals surface area contributed by atoms with E-state index >= 15 is 0 Å². The van der Waals surface area contributed by atoms with Crippen molar-refractivity contribution in [3.8, 4) is 23.0 Å². The summed E-state index contributed by atoms with van der Waals surface area (Å²) in [5, 5.41) is 105. The van der Waals surface area contributed by atoms with E-state index in [1.54, 1.807) is 0 Å². The zero-order valence-corrected chi connectivity index (χ0v) is 42.8. The van der Waals surface area contributed by atoms with E-state index in [1.165, 1.54) is 45.6 Å². The molecule has 21 atom stereocenters. The third-order valence-electron chi connectivity index (χ3n) is 13.6. The zero-order chi connectivity index (χ0) is 57.3. The molecule has 0 amide bonds. The van der Waals surface area contributed by atoms with Crippen LogP contribution in [-0.4, -0.2) is 235 Å². The standard InChI is InChI=1S/C49H66O29/c1-8-20-22(24(43(62)67-6)16-70-45(20)77-47-39(60)36(57)33(54)28(14-50)73-47)12-31(52)69-18-30-35(56)38(59)42(49(75-30)72-19-10-26(64-3)41(66-5)27(11-19)65-4)76-32(53)13-23-21(9-2)46(71-17-25(23)44(63)68-7)78-48-40(61)37(58)34(55)29(15-51)74-48/h8-11,16-17,20-23,28-30,33-40,42,45-51,54-61H,1-2,12-15,18H2,3-7H3/t20-,21-,22+,23+,28-,29-,30-,33-,34-,35-,36+,37+,38+,39-,40-,42-,45+,46+,47+,48+,49-/m1/s1. The molecule has 29 nitrogen and oxygen atoms in total. The van der Waals surface area contributed by atoms with E-state index in [9.17, 15) is 70.2 Å². The lowest BCUT2D eigenvalue weighted by molar-refractivity contribution is -0.339. The predicted octanol–water partition coefficient (Wildman–Crippen LogP) is -3.93. The summed E-state index contributed by atoms with van der Waals surface area (Å²) in [6.45, 7) is 5.15. The van der Waals surface area contributed by atoms with Crippen molar-refractivity contribution < 1.29 is 141 Å². The molecule has 0 saturated carbocycles. The fourth-order valence-electron chi connectivity index (χ4n) is 9.29. The van der Waals surface area contributed by atoms with E-state index in [0.717, 1.165) is 26.7 Å². The van der Waals surface area contributed by atoms with Gasteiger partial charge >= 0.3 is 23.9 Å². The smallest absolute Gasteiger partial charge is 0.337 e. The first kappa shape index (κ1) is 61.5. The van der Waals surface area contributed by atoms with Crippen molar-refractivity contribution in [3.63, 3.8) is 0 Å². The first-order valence-electron chi connectivity index (χ1n) is 24.1. The van der Waals surface area contributed by atoms with E-state index in [4.69, 9.17) is 71.1 Å². The van der Waals surface area contributed by atoms with Crippen LogP contribution in [0.1, 0.15) is 12.8 Å². The minimum Gasteiger partial charge on any atom is -0.493 e. The van der Waals surface area contributed by atoms with Crippen LogP contribution in [0.3, 0.4) is 0 Å². The number of hydrogen-bond donors (Lipinski definition) is 10. The van der Waals surface area contributed by atoms with Gasteiger partial charge in [-0.3, -0.25) is 9.59 Å². The third-order valence-corrected chi connectivity index (χ3v) is 13.6. The Morgan fingerprint density at radius 2 is 0.987 bits per heavy atom. The number of carbonyl (C=O) groups is 4. The van der Waals surface area contributed by atoms with Crippen LogP contribution in [0.15, 0.2) is 61.1 Å². The number of aliphatic hydroxyl groups is 10. The van der Waals surface area contributed by atoms with Crippen molar-refractivity contribution in [2.24, 2.45) is 23.7 Å². The van der Waals surface area contributed by atoms with Crippen molar-refractivity contribution >= 4 is 23.9 Å². The van der Waals surface area contributed by atoms with E-state index in [2.05, 4.69) is 13.2 Å². The number of carbonyl (C=O) groups excluding carboxylic acids is 4. The van der Waals surface area contributed by atoms with Gasteiger partial charge in [-0.1, -0.05) is 12.2 Å². The number of esters is 4. The minimum atomic E-state index is -2.10. The molecule has 6 rings (SSSR count). The molecule has 0 aromatic heterocycles. The Hall–Kier alpha value is -5.74. The van der Waals surface area contributed by atoms with Gasteiger partial charge in [-0.25, -0.2) is 9.59 Å². The maximum absolute atomic E-state index is 14.2. The first-order valence-corrected chi connectivity index (χ1v) is 24.1. The number of aliphatic hydroxyl groups excluding tert-OH is 10. The second-order valence-electron chi connectivity index (χ2n) is 18.2. The molecule has 5 aliphatic rings. The highest BCUT2D eigenvalue weighted by atomic mass is 16.8.